The molecule has 3 heteroatoms. The van der Waals surface area contributed by atoms with E-state index in [2.05, 4.69) is 139 Å². The third-order valence-corrected chi connectivity index (χ3v) is 36.5. The molecular formula is C51H62Cl2Hf. The summed E-state index contributed by atoms with van der Waals surface area (Å²) in [5, 5.41) is 0. The Balaban J connectivity index is 0.00000225. The molecule has 3 fully saturated rings. The van der Waals surface area contributed by atoms with Crippen molar-refractivity contribution >= 4 is 37.0 Å². The van der Waals surface area contributed by atoms with Gasteiger partial charge in [-0.15, -0.1) is 24.8 Å². The molecule has 2 atom stereocenters. The Labute approximate surface area is 343 Å². The van der Waals surface area contributed by atoms with Crippen LogP contribution >= 0.6 is 24.8 Å². The molecule has 0 spiro atoms. The molecule has 54 heavy (non-hydrogen) atoms. The second-order valence-electron chi connectivity index (χ2n) is 19.5. The van der Waals surface area contributed by atoms with Crippen molar-refractivity contribution in [2.45, 2.75) is 126 Å². The maximum Gasteiger partial charge on any atom is -0.147 e. The van der Waals surface area contributed by atoms with Gasteiger partial charge in [-0.05, 0) is 0 Å². The van der Waals surface area contributed by atoms with E-state index in [0.29, 0.717) is 0 Å². The Kier molecular flexibility index (Phi) is 11.3. The molecule has 0 bridgehead atoms. The molecule has 1 heterocycles. The topological polar surface area (TPSA) is 0 Å². The van der Waals surface area contributed by atoms with E-state index in [1.807, 2.05) is 11.1 Å². The van der Waals surface area contributed by atoms with Gasteiger partial charge in [0.05, 0.1) is 0 Å². The number of hydrogen-bond donors (Lipinski definition) is 0. The van der Waals surface area contributed by atoms with Crippen LogP contribution in [-0.2, 0) is 30.8 Å². The zero-order chi connectivity index (χ0) is 35.8. The zero-order valence-corrected chi connectivity index (χ0v) is 38.9. The predicted molar refractivity (Wildman–Crippen MR) is 235 cm³/mol. The van der Waals surface area contributed by atoms with Crippen LogP contribution in [0.4, 0.5) is 0 Å². The summed E-state index contributed by atoms with van der Waals surface area (Å²) in [5.74, 6) is 1.55. The van der Waals surface area contributed by atoms with Gasteiger partial charge in [-0.3, -0.25) is 0 Å². The third kappa shape index (κ3) is 6.83. The first-order chi connectivity index (χ1) is 25.0. The number of hydrogen-bond acceptors (Lipinski definition) is 0. The minimum Gasteiger partial charge on any atom is -0.147 e. The largest absolute Gasteiger partial charge is 0.147 e. The molecule has 1 saturated heterocycles. The van der Waals surface area contributed by atoms with Crippen molar-refractivity contribution in [3.63, 3.8) is 0 Å². The summed E-state index contributed by atoms with van der Waals surface area (Å²) in [5.41, 5.74) is 19.3. The Morgan fingerprint density at radius 3 is 1.15 bits per heavy atom. The number of allylic oxidation sites excluding steroid dienone is 2. The van der Waals surface area contributed by atoms with E-state index in [4.69, 9.17) is 0 Å². The summed E-state index contributed by atoms with van der Waals surface area (Å²) in [4.78, 5) is 0. The fourth-order valence-electron chi connectivity index (χ4n) is 11.5. The van der Waals surface area contributed by atoms with Gasteiger partial charge >= 0.3 is 322 Å². The van der Waals surface area contributed by atoms with Gasteiger partial charge in [0.15, 0.2) is 0 Å². The van der Waals surface area contributed by atoms with Crippen LogP contribution in [0.2, 0.25) is 8.35 Å². The second kappa shape index (κ2) is 15.3. The number of rotatable bonds is 6. The third-order valence-electron chi connectivity index (χ3n) is 14.4. The van der Waals surface area contributed by atoms with Crippen molar-refractivity contribution in [2.75, 3.05) is 0 Å². The van der Waals surface area contributed by atoms with E-state index in [9.17, 15) is 0 Å². The summed E-state index contributed by atoms with van der Waals surface area (Å²) >= 11 is -3.17. The molecular weight excluding hydrogens is 862 g/mol. The van der Waals surface area contributed by atoms with Gasteiger partial charge in [0, 0.05) is 0 Å². The van der Waals surface area contributed by atoms with Gasteiger partial charge in [-0.1, -0.05) is 0 Å². The Morgan fingerprint density at radius 2 is 0.833 bits per heavy atom. The fourth-order valence-corrected chi connectivity index (χ4v) is 34.4. The van der Waals surface area contributed by atoms with Gasteiger partial charge < -0.3 is 0 Å². The molecule has 4 aromatic carbocycles. The minimum atomic E-state index is -3.17. The molecule has 0 radical (unpaired) electrons. The fraction of sp³-hybridized carbons (Fsp3) is 0.451. The molecule has 284 valence electrons. The van der Waals surface area contributed by atoms with Gasteiger partial charge in [0.2, 0.25) is 0 Å². The molecule has 5 aliphatic rings. The average molecular weight is 924 g/mol. The van der Waals surface area contributed by atoms with Crippen molar-refractivity contribution in [1.29, 1.82) is 0 Å². The average Bonchev–Trinajstić information content (AvgIpc) is 3.94. The molecule has 0 amide bonds. The van der Waals surface area contributed by atoms with E-state index in [1.54, 1.807) is 30.6 Å². The predicted octanol–water partition coefficient (Wildman–Crippen LogP) is 15.8. The van der Waals surface area contributed by atoms with Crippen LogP contribution in [0.25, 0.3) is 34.4 Å². The molecule has 0 N–H and O–H groups in total. The van der Waals surface area contributed by atoms with Crippen molar-refractivity contribution in [3.05, 3.63) is 129 Å². The van der Waals surface area contributed by atoms with Gasteiger partial charge in [-0.25, -0.2) is 0 Å². The van der Waals surface area contributed by atoms with Crippen molar-refractivity contribution in [3.8, 4) is 22.3 Å². The Morgan fingerprint density at radius 1 is 0.463 bits per heavy atom. The monoisotopic (exact) mass is 924 g/mol. The van der Waals surface area contributed by atoms with Crippen LogP contribution in [0, 0.1) is 11.8 Å². The van der Waals surface area contributed by atoms with Crippen LogP contribution in [0.3, 0.4) is 0 Å². The molecule has 0 aromatic heterocycles. The molecule has 4 aromatic rings. The van der Waals surface area contributed by atoms with Crippen LogP contribution in [0.5, 0.6) is 0 Å². The molecule has 4 aliphatic carbocycles. The summed E-state index contributed by atoms with van der Waals surface area (Å²) in [6.07, 6.45) is 18.3. The van der Waals surface area contributed by atoms with E-state index in [0.717, 1.165) is 19.2 Å². The first kappa shape index (κ1) is 40.0. The van der Waals surface area contributed by atoms with E-state index < -0.39 is 20.0 Å². The Bertz CT molecular complexity index is 1890. The summed E-state index contributed by atoms with van der Waals surface area (Å²) in [6.45, 7) is 14.0. The van der Waals surface area contributed by atoms with Crippen LogP contribution in [0.15, 0.2) is 96.1 Å². The Hall–Kier alpha value is -2.19. The van der Waals surface area contributed by atoms with E-state index >= 15 is 0 Å². The van der Waals surface area contributed by atoms with Crippen molar-refractivity contribution < 1.29 is 20.0 Å². The van der Waals surface area contributed by atoms with Gasteiger partial charge in [0.25, 0.3) is 0 Å². The quantitative estimate of drug-likeness (QED) is 0.169. The number of halogens is 2. The van der Waals surface area contributed by atoms with Crippen LogP contribution in [0.1, 0.15) is 140 Å². The molecule has 1 aliphatic heterocycles. The molecule has 2 unspecified atom stereocenters. The summed E-state index contributed by atoms with van der Waals surface area (Å²) in [6, 6.07) is 34.2. The zero-order valence-electron chi connectivity index (χ0n) is 33.6. The SMILES string of the molecule is CC(C)(C)c1ccc(-c2cccc3c2C=C(C2CCCC2)[CH]3[Hf]2([CH]3C(C4CCCC4)=Cc4c(-c5ccc(C(C)(C)C)cc5)cccc43)[CH2]C[CH2]2)cc1.Cl.Cl. The van der Waals surface area contributed by atoms with Crippen LogP contribution in [-0.4, -0.2) is 0 Å². The second-order valence-corrected chi connectivity index (χ2v) is 36.1. The van der Waals surface area contributed by atoms with Crippen LogP contribution < -0.4 is 0 Å². The van der Waals surface area contributed by atoms with E-state index in [1.165, 1.54) is 91.2 Å². The smallest absolute Gasteiger partial charge is 0.147 e. The summed E-state index contributed by atoms with van der Waals surface area (Å²) < 4.78 is 4.57. The number of benzene rings is 4. The molecule has 9 rings (SSSR count). The summed E-state index contributed by atoms with van der Waals surface area (Å²) in [7, 11) is 0. The number of fused-ring (bicyclic) bond motifs is 2. The molecule has 0 nitrogen and oxygen atoms in total. The van der Waals surface area contributed by atoms with Gasteiger partial charge in [0.1, 0.15) is 0 Å². The normalized spacial score (nSPS) is 22.1. The first-order valence-corrected chi connectivity index (χ1v) is 30.2. The van der Waals surface area contributed by atoms with E-state index in [-0.39, 0.29) is 35.6 Å². The minimum absolute atomic E-state index is 0. The first-order valence-electron chi connectivity index (χ1n) is 20.9. The standard InChI is InChI=1S/2C24H27.C3H6.2ClH.Hf/c2*1-24(2,3)21-13-11-18(12-14-21)22-10-6-9-19-15-20(16-23(19)22)17-7-4-5-8-17;1-3-2;;;/h2*6,9-17H,4-5,7-8H2,1-3H3;1-3H2;2*1H;. The van der Waals surface area contributed by atoms with Crippen molar-refractivity contribution in [1.82, 2.24) is 0 Å². The van der Waals surface area contributed by atoms with Crippen molar-refractivity contribution in [2.24, 2.45) is 11.8 Å². The molecule has 2 saturated carbocycles. The maximum atomic E-state index is 2.80. The maximum absolute atomic E-state index is 3.17. The van der Waals surface area contributed by atoms with Gasteiger partial charge in [-0.2, -0.15) is 0 Å².